The van der Waals surface area contributed by atoms with Gasteiger partial charge in [0.1, 0.15) is 5.76 Å². The van der Waals surface area contributed by atoms with Crippen LogP contribution in [0.4, 0.5) is 0 Å². The molecule has 4 saturated carbocycles. The lowest BCUT2D eigenvalue weighted by Crippen LogP contribution is -2.58. The van der Waals surface area contributed by atoms with Gasteiger partial charge in [-0.1, -0.05) is 13.8 Å². The summed E-state index contributed by atoms with van der Waals surface area (Å²) in [4.78, 5) is 12.1. The van der Waals surface area contributed by atoms with E-state index in [0.29, 0.717) is 24.0 Å². The average Bonchev–Trinajstić information content (AvgIpc) is 2.73. The van der Waals surface area contributed by atoms with Crippen LogP contribution in [-0.2, 0) is 23.7 Å². The molecule has 0 radical (unpaired) electrons. The maximum absolute atomic E-state index is 12.1. The minimum absolute atomic E-state index is 0.0207. The summed E-state index contributed by atoms with van der Waals surface area (Å²) in [5, 5.41) is 9.96. The normalized spacial score (nSPS) is 43.1. The molecule has 4 unspecified atom stereocenters. The fraction of sp³-hybridized carbons (Fsp3) is 0.893. The van der Waals surface area contributed by atoms with Crippen molar-refractivity contribution in [1.29, 1.82) is 0 Å². The van der Waals surface area contributed by atoms with E-state index in [1.165, 1.54) is 6.42 Å². The summed E-state index contributed by atoms with van der Waals surface area (Å²) in [6.45, 7) is 9.05. The quantitative estimate of drug-likeness (QED) is 0.290. The van der Waals surface area contributed by atoms with Crippen molar-refractivity contribution >= 4 is 5.97 Å². The van der Waals surface area contributed by atoms with Crippen LogP contribution >= 0.6 is 0 Å². The first-order valence-corrected chi connectivity index (χ1v) is 13.8. The highest BCUT2D eigenvalue weighted by atomic mass is 16.5. The number of carboxylic acids is 1. The van der Waals surface area contributed by atoms with Crippen LogP contribution in [0.2, 0.25) is 0 Å². The topological polar surface area (TPSA) is 74.2 Å². The van der Waals surface area contributed by atoms with Crippen LogP contribution in [0, 0.1) is 17.3 Å². The van der Waals surface area contributed by atoms with Crippen molar-refractivity contribution in [2.24, 2.45) is 17.3 Å². The van der Waals surface area contributed by atoms with E-state index in [-0.39, 0.29) is 22.2 Å². The van der Waals surface area contributed by atoms with Gasteiger partial charge < -0.3 is 24.1 Å². The van der Waals surface area contributed by atoms with Gasteiger partial charge in [-0.05, 0) is 89.4 Å². The smallest absolute Gasteiger partial charge is 0.334 e. The molecule has 4 aliphatic carbocycles. The molecule has 2 aliphatic heterocycles. The molecule has 1 N–H and O–H groups in total. The molecule has 2 heterocycles. The predicted octanol–water partition coefficient (Wildman–Crippen LogP) is 5.64. The highest BCUT2D eigenvalue weighted by Crippen LogP contribution is 2.65. The number of allylic oxidation sites excluding steroid dienone is 1. The van der Waals surface area contributed by atoms with Crippen molar-refractivity contribution < 1.29 is 28.8 Å². The van der Waals surface area contributed by atoms with Crippen molar-refractivity contribution in [2.75, 3.05) is 26.4 Å². The Labute approximate surface area is 204 Å². The van der Waals surface area contributed by atoms with E-state index in [2.05, 4.69) is 13.8 Å². The second-order valence-corrected chi connectivity index (χ2v) is 12.2. The number of carboxylic acid groups (broad SMARTS) is 1. The molecule has 4 atom stereocenters. The van der Waals surface area contributed by atoms with Gasteiger partial charge >= 0.3 is 5.97 Å². The Kier molecular flexibility index (Phi) is 6.56. The second kappa shape index (κ2) is 9.08. The van der Waals surface area contributed by atoms with Crippen LogP contribution < -0.4 is 0 Å². The summed E-state index contributed by atoms with van der Waals surface area (Å²) in [7, 11) is 0. The standard InChI is InChI=1S/C28H44O6/c1-4-26(7-11-32-26)6-10-31-23(20(3)24(29)30)25-15-21-14-22(16-25)18-28(17-21,19-25)34-13-9-27(5-2)8-12-33-27/h21-22H,4-19H2,1-3H3,(H,29,30). The number of aliphatic carboxylic acids is 1. The van der Waals surface area contributed by atoms with E-state index in [0.717, 1.165) is 96.2 Å². The summed E-state index contributed by atoms with van der Waals surface area (Å²) < 4.78 is 25.0. The summed E-state index contributed by atoms with van der Waals surface area (Å²) in [5.74, 6) is 1.06. The van der Waals surface area contributed by atoms with Gasteiger partial charge in [0.25, 0.3) is 0 Å². The SMILES string of the molecule is CCC1(CCOC(=C(C)C(=O)O)C23CC4CC(CC(OCCC5(CC)CCO5)(C4)C2)C3)CCO1. The summed E-state index contributed by atoms with van der Waals surface area (Å²) in [5.41, 5.74) is -0.0237. The molecule has 6 rings (SSSR count). The van der Waals surface area contributed by atoms with Crippen LogP contribution in [0.3, 0.4) is 0 Å². The number of hydrogen-bond acceptors (Lipinski definition) is 5. The predicted molar refractivity (Wildman–Crippen MR) is 129 cm³/mol. The first kappa shape index (κ1) is 24.6. The van der Waals surface area contributed by atoms with Crippen molar-refractivity contribution in [3.05, 3.63) is 11.3 Å². The number of ether oxygens (including phenoxy) is 4. The third kappa shape index (κ3) is 4.32. The van der Waals surface area contributed by atoms with Crippen LogP contribution in [0.15, 0.2) is 11.3 Å². The summed E-state index contributed by atoms with van der Waals surface area (Å²) >= 11 is 0. The number of rotatable bonds is 12. The maximum Gasteiger partial charge on any atom is 0.334 e. The van der Waals surface area contributed by atoms with Gasteiger partial charge in [-0.15, -0.1) is 0 Å². The van der Waals surface area contributed by atoms with E-state index in [1.54, 1.807) is 6.92 Å². The Bertz CT molecular complexity index is 783. The Morgan fingerprint density at radius 3 is 1.97 bits per heavy atom. The lowest BCUT2D eigenvalue weighted by atomic mass is 9.47. The molecule has 6 fully saturated rings. The molecule has 34 heavy (non-hydrogen) atoms. The highest BCUT2D eigenvalue weighted by Gasteiger charge is 2.61. The van der Waals surface area contributed by atoms with Crippen molar-refractivity contribution in [3.8, 4) is 0 Å². The molecule has 2 saturated heterocycles. The Balaban J connectivity index is 1.32. The zero-order valence-electron chi connectivity index (χ0n) is 21.5. The Morgan fingerprint density at radius 2 is 1.50 bits per heavy atom. The zero-order valence-corrected chi connectivity index (χ0v) is 21.5. The van der Waals surface area contributed by atoms with Gasteiger partial charge in [-0.3, -0.25) is 0 Å². The molecule has 0 aromatic carbocycles. The molecule has 0 spiro atoms. The van der Waals surface area contributed by atoms with E-state index >= 15 is 0 Å². The van der Waals surface area contributed by atoms with Crippen molar-refractivity contribution in [2.45, 2.75) is 115 Å². The van der Waals surface area contributed by atoms with Crippen LogP contribution in [0.1, 0.15) is 97.8 Å². The molecule has 0 aromatic heterocycles. The van der Waals surface area contributed by atoms with E-state index in [4.69, 9.17) is 18.9 Å². The summed E-state index contributed by atoms with van der Waals surface area (Å²) in [6.07, 6.45) is 12.4. The van der Waals surface area contributed by atoms with Gasteiger partial charge in [-0.25, -0.2) is 4.79 Å². The van der Waals surface area contributed by atoms with Crippen molar-refractivity contribution in [3.63, 3.8) is 0 Å². The summed E-state index contributed by atoms with van der Waals surface area (Å²) in [6, 6.07) is 0. The van der Waals surface area contributed by atoms with E-state index in [1.807, 2.05) is 0 Å². The van der Waals surface area contributed by atoms with Crippen molar-refractivity contribution in [1.82, 2.24) is 0 Å². The molecule has 4 bridgehead atoms. The van der Waals surface area contributed by atoms with Crippen LogP contribution in [-0.4, -0.2) is 54.3 Å². The van der Waals surface area contributed by atoms with Gasteiger partial charge in [0.2, 0.25) is 0 Å². The van der Waals surface area contributed by atoms with Gasteiger partial charge in [0, 0.05) is 11.8 Å². The molecular formula is C28H44O6. The molecule has 192 valence electrons. The first-order valence-electron chi connectivity index (χ1n) is 13.8. The minimum Gasteiger partial charge on any atom is -0.497 e. The molecule has 6 aliphatic rings. The van der Waals surface area contributed by atoms with Gasteiger partial charge in [-0.2, -0.15) is 0 Å². The van der Waals surface area contributed by atoms with E-state index < -0.39 is 5.97 Å². The highest BCUT2D eigenvalue weighted by molar-refractivity contribution is 5.86. The largest absolute Gasteiger partial charge is 0.497 e. The average molecular weight is 477 g/mol. The first-order chi connectivity index (χ1) is 16.3. The molecular weight excluding hydrogens is 432 g/mol. The Morgan fingerprint density at radius 1 is 0.941 bits per heavy atom. The van der Waals surface area contributed by atoms with Gasteiger partial charge in [0.05, 0.1) is 48.8 Å². The zero-order chi connectivity index (χ0) is 24.0. The maximum atomic E-state index is 12.1. The number of hydrogen-bond donors (Lipinski definition) is 1. The molecule has 6 nitrogen and oxygen atoms in total. The number of carbonyl (C=O) groups is 1. The lowest BCUT2D eigenvalue weighted by molar-refractivity contribution is -0.211. The fourth-order valence-electron chi connectivity index (χ4n) is 8.25. The minimum atomic E-state index is -0.863. The lowest BCUT2D eigenvalue weighted by Gasteiger charge is -2.62. The third-order valence-electron chi connectivity index (χ3n) is 10.1. The van der Waals surface area contributed by atoms with Gasteiger partial charge in [0.15, 0.2) is 0 Å². The molecule has 0 amide bonds. The molecule has 0 aromatic rings. The van der Waals surface area contributed by atoms with Crippen LogP contribution in [0.5, 0.6) is 0 Å². The van der Waals surface area contributed by atoms with Crippen LogP contribution in [0.25, 0.3) is 0 Å². The monoisotopic (exact) mass is 476 g/mol. The second-order valence-electron chi connectivity index (χ2n) is 12.2. The fourth-order valence-corrected chi connectivity index (χ4v) is 8.25. The Hall–Kier alpha value is -1.11. The molecule has 6 heteroatoms. The third-order valence-corrected chi connectivity index (χ3v) is 10.1. The van der Waals surface area contributed by atoms with E-state index in [9.17, 15) is 9.90 Å².